The molecule has 0 heterocycles. The lowest BCUT2D eigenvalue weighted by Gasteiger charge is -2.23. The molecule has 0 aliphatic rings. The van der Waals surface area contributed by atoms with Crippen molar-refractivity contribution in [2.24, 2.45) is 11.8 Å². The van der Waals surface area contributed by atoms with E-state index in [4.69, 9.17) is 0 Å². The summed E-state index contributed by atoms with van der Waals surface area (Å²) >= 11 is 0. The Morgan fingerprint density at radius 1 is 0.538 bits per heavy atom. The highest BCUT2D eigenvalue weighted by atomic mass is 14.2. The van der Waals surface area contributed by atoms with E-state index < -0.39 is 0 Å². The van der Waals surface area contributed by atoms with Crippen LogP contribution in [-0.4, -0.2) is 0 Å². The Hall–Kier alpha value is -0.260. The maximum atomic E-state index is 2.49. The molecule has 0 aromatic rings. The van der Waals surface area contributed by atoms with Gasteiger partial charge in [0.2, 0.25) is 0 Å². The lowest BCUT2D eigenvalue weighted by Crippen LogP contribution is -2.11. The van der Waals surface area contributed by atoms with Crippen molar-refractivity contribution in [2.45, 2.75) is 143 Å². The molecule has 0 saturated carbocycles. The van der Waals surface area contributed by atoms with E-state index in [-0.39, 0.29) is 0 Å². The van der Waals surface area contributed by atoms with E-state index >= 15 is 0 Å². The van der Waals surface area contributed by atoms with Crippen LogP contribution in [0.3, 0.4) is 0 Å². The van der Waals surface area contributed by atoms with Gasteiger partial charge in [-0.2, -0.15) is 0 Å². The lowest BCUT2D eigenvalue weighted by atomic mass is 9.83. The van der Waals surface area contributed by atoms with Gasteiger partial charge in [-0.3, -0.25) is 0 Å². The molecule has 156 valence electrons. The summed E-state index contributed by atoms with van der Waals surface area (Å²) in [4.78, 5) is 0. The van der Waals surface area contributed by atoms with Crippen molar-refractivity contribution in [1.29, 1.82) is 0 Å². The Balaban J connectivity index is 3.61. The average molecular weight is 365 g/mol. The summed E-state index contributed by atoms with van der Waals surface area (Å²) < 4.78 is 0. The first kappa shape index (κ1) is 25.7. The Kier molecular flexibility index (Phi) is 20.8. The fourth-order valence-electron chi connectivity index (χ4n) is 4.00. The van der Waals surface area contributed by atoms with Crippen LogP contribution in [-0.2, 0) is 0 Å². The molecule has 0 nitrogen and oxygen atoms in total. The molecule has 0 amide bonds. The van der Waals surface area contributed by atoms with Crippen LogP contribution in [0, 0.1) is 11.8 Å². The zero-order valence-electron chi connectivity index (χ0n) is 19.0. The molecule has 26 heavy (non-hydrogen) atoms. The molecule has 0 radical (unpaired) electrons. The van der Waals surface area contributed by atoms with E-state index in [9.17, 15) is 0 Å². The topological polar surface area (TPSA) is 0 Å². The highest BCUT2D eigenvalue weighted by Gasteiger charge is 2.14. The van der Waals surface area contributed by atoms with Gasteiger partial charge in [0.25, 0.3) is 0 Å². The fourth-order valence-corrected chi connectivity index (χ4v) is 4.00. The zero-order chi connectivity index (χ0) is 19.3. The summed E-state index contributed by atoms with van der Waals surface area (Å²) in [5, 5.41) is 0. The predicted molar refractivity (Wildman–Crippen MR) is 122 cm³/mol. The van der Waals surface area contributed by atoms with E-state index in [1.165, 1.54) is 116 Å². The quantitative estimate of drug-likeness (QED) is 0.149. The summed E-state index contributed by atoms with van der Waals surface area (Å²) in [6, 6.07) is 0. The van der Waals surface area contributed by atoms with E-state index in [2.05, 4.69) is 39.8 Å². The van der Waals surface area contributed by atoms with Crippen LogP contribution >= 0.6 is 0 Å². The first-order valence-corrected chi connectivity index (χ1v) is 12.4. The van der Waals surface area contributed by atoms with Crippen LogP contribution in [0.2, 0.25) is 0 Å². The van der Waals surface area contributed by atoms with Gasteiger partial charge < -0.3 is 0 Å². The van der Waals surface area contributed by atoms with E-state index in [0.29, 0.717) is 0 Å². The number of hydrogen-bond acceptors (Lipinski definition) is 0. The van der Waals surface area contributed by atoms with Crippen LogP contribution < -0.4 is 0 Å². The van der Waals surface area contributed by atoms with Crippen LogP contribution in [0.1, 0.15) is 143 Å². The van der Waals surface area contributed by atoms with Crippen molar-refractivity contribution in [1.82, 2.24) is 0 Å². The zero-order valence-corrected chi connectivity index (χ0v) is 19.0. The van der Waals surface area contributed by atoms with Crippen LogP contribution in [0.5, 0.6) is 0 Å². The molecular weight excluding hydrogens is 312 g/mol. The largest absolute Gasteiger partial charge is 0.0885 e. The Labute approximate surface area is 167 Å². The van der Waals surface area contributed by atoms with Gasteiger partial charge in [-0.05, 0) is 37.5 Å². The Morgan fingerprint density at radius 2 is 0.962 bits per heavy atom. The second-order valence-corrected chi connectivity index (χ2v) is 8.66. The second-order valence-electron chi connectivity index (χ2n) is 8.66. The standard InChI is InChI=1S/C26H52/c1-5-8-10-12-13-14-15-16-17-18-20-22-24-26(25(4)7-3)23-21-19-11-9-6-2/h14-15,25-26H,5-13,16-24H2,1-4H3/b15-14+. The third-order valence-corrected chi connectivity index (χ3v) is 6.21. The molecule has 0 aromatic heterocycles. The normalized spacial score (nSPS) is 14.2. The molecule has 2 unspecified atom stereocenters. The van der Waals surface area contributed by atoms with Crippen molar-refractivity contribution in [3.8, 4) is 0 Å². The first-order valence-electron chi connectivity index (χ1n) is 12.4. The van der Waals surface area contributed by atoms with Crippen molar-refractivity contribution >= 4 is 0 Å². The smallest absolute Gasteiger partial charge is 0.0351 e. The van der Waals surface area contributed by atoms with E-state index in [0.717, 1.165) is 11.8 Å². The first-order chi connectivity index (χ1) is 12.8. The van der Waals surface area contributed by atoms with Gasteiger partial charge in [-0.25, -0.2) is 0 Å². The monoisotopic (exact) mass is 364 g/mol. The van der Waals surface area contributed by atoms with Crippen LogP contribution in [0.15, 0.2) is 12.2 Å². The molecule has 0 aromatic carbocycles. The molecule has 0 rings (SSSR count). The number of unbranched alkanes of at least 4 members (excludes halogenated alkanes) is 12. The highest BCUT2D eigenvalue weighted by Crippen LogP contribution is 2.27. The lowest BCUT2D eigenvalue weighted by molar-refractivity contribution is 0.288. The predicted octanol–water partition coefficient (Wildman–Crippen LogP) is 9.88. The van der Waals surface area contributed by atoms with Crippen molar-refractivity contribution in [2.75, 3.05) is 0 Å². The average Bonchev–Trinajstić information content (AvgIpc) is 2.66. The minimum atomic E-state index is 0.928. The third kappa shape index (κ3) is 17.2. The molecule has 0 fully saturated rings. The van der Waals surface area contributed by atoms with Gasteiger partial charge in [0.1, 0.15) is 0 Å². The number of hydrogen-bond donors (Lipinski definition) is 0. The fraction of sp³-hybridized carbons (Fsp3) is 0.923. The third-order valence-electron chi connectivity index (χ3n) is 6.21. The van der Waals surface area contributed by atoms with Crippen molar-refractivity contribution in [3.05, 3.63) is 12.2 Å². The molecule has 0 N–H and O–H groups in total. The summed E-state index contributed by atoms with van der Waals surface area (Å²) in [5.74, 6) is 1.92. The van der Waals surface area contributed by atoms with Gasteiger partial charge in [0.15, 0.2) is 0 Å². The molecular formula is C26H52. The summed E-state index contributed by atoms with van der Waals surface area (Å²) in [6.07, 6.45) is 30.3. The maximum absolute atomic E-state index is 2.49. The number of rotatable bonds is 20. The molecule has 2 atom stereocenters. The SMILES string of the molecule is CCCCCC/C=C/CCCCCCC(CCCCCCC)C(C)CC. The summed E-state index contributed by atoms with van der Waals surface area (Å²) in [5.41, 5.74) is 0. The molecule has 0 aliphatic carbocycles. The molecule has 0 bridgehead atoms. The van der Waals surface area contributed by atoms with Crippen LogP contribution in [0.25, 0.3) is 0 Å². The van der Waals surface area contributed by atoms with Gasteiger partial charge in [-0.1, -0.05) is 130 Å². The summed E-state index contributed by atoms with van der Waals surface area (Å²) in [6.45, 7) is 9.46. The summed E-state index contributed by atoms with van der Waals surface area (Å²) in [7, 11) is 0. The van der Waals surface area contributed by atoms with Crippen molar-refractivity contribution < 1.29 is 0 Å². The van der Waals surface area contributed by atoms with E-state index in [1.54, 1.807) is 0 Å². The molecule has 0 heteroatoms. The molecule has 0 saturated heterocycles. The van der Waals surface area contributed by atoms with Gasteiger partial charge in [0, 0.05) is 0 Å². The Bertz CT molecular complexity index is 278. The highest BCUT2D eigenvalue weighted by molar-refractivity contribution is 4.81. The minimum absolute atomic E-state index is 0.928. The minimum Gasteiger partial charge on any atom is -0.0885 e. The van der Waals surface area contributed by atoms with Crippen molar-refractivity contribution in [3.63, 3.8) is 0 Å². The van der Waals surface area contributed by atoms with Gasteiger partial charge >= 0.3 is 0 Å². The van der Waals surface area contributed by atoms with Gasteiger partial charge in [-0.15, -0.1) is 0 Å². The maximum Gasteiger partial charge on any atom is -0.0351 e. The van der Waals surface area contributed by atoms with Crippen LogP contribution in [0.4, 0.5) is 0 Å². The molecule has 0 spiro atoms. The van der Waals surface area contributed by atoms with E-state index in [1.807, 2.05) is 0 Å². The Morgan fingerprint density at radius 3 is 1.42 bits per heavy atom. The number of allylic oxidation sites excluding steroid dienone is 2. The van der Waals surface area contributed by atoms with Gasteiger partial charge in [0.05, 0.1) is 0 Å². The second kappa shape index (κ2) is 21.0. The molecule has 0 aliphatic heterocycles.